The molecule has 0 atom stereocenters. The molecule has 0 bridgehead atoms. The lowest BCUT2D eigenvalue weighted by Gasteiger charge is -2.01. The molecule has 0 aliphatic heterocycles. The summed E-state index contributed by atoms with van der Waals surface area (Å²) >= 11 is 7.69. The average Bonchev–Trinajstić information content (AvgIpc) is 2.51. The number of thiophene rings is 1. The number of aryl methyl sites for hydroxylation is 1. The van der Waals surface area contributed by atoms with Crippen molar-refractivity contribution in [1.29, 1.82) is 0 Å². The molecular weight excluding hydrogens is 214 g/mol. The number of rotatable bonds is 1. The zero-order valence-electron chi connectivity index (χ0n) is 7.75. The largest absolute Gasteiger partial charge is 0.391 e. The number of halogens is 1. The molecule has 1 heterocycles. The molecule has 14 heavy (non-hydrogen) atoms. The van der Waals surface area contributed by atoms with E-state index in [0.717, 1.165) is 20.5 Å². The first-order chi connectivity index (χ1) is 6.66. The van der Waals surface area contributed by atoms with E-state index in [9.17, 15) is 0 Å². The molecule has 0 aliphatic carbocycles. The minimum Gasteiger partial charge on any atom is -0.391 e. The summed E-state index contributed by atoms with van der Waals surface area (Å²) in [6, 6.07) is 9.94. The quantitative estimate of drug-likeness (QED) is 0.778. The van der Waals surface area contributed by atoms with Crippen molar-refractivity contribution in [3.8, 4) is 10.4 Å². The van der Waals surface area contributed by atoms with E-state index in [4.69, 9.17) is 17.3 Å². The SMILES string of the molecule is Cc1ccc(-c2ccc(N)s2)c(Cl)c1. The molecule has 2 aromatic rings. The zero-order chi connectivity index (χ0) is 10.1. The first kappa shape index (κ1) is 9.56. The Morgan fingerprint density at radius 1 is 1.21 bits per heavy atom. The van der Waals surface area contributed by atoms with Gasteiger partial charge in [-0.15, -0.1) is 11.3 Å². The van der Waals surface area contributed by atoms with Crippen LogP contribution in [-0.4, -0.2) is 0 Å². The fourth-order valence-corrected chi connectivity index (χ4v) is 2.52. The van der Waals surface area contributed by atoms with Gasteiger partial charge in [0.25, 0.3) is 0 Å². The van der Waals surface area contributed by atoms with Gasteiger partial charge in [0.1, 0.15) is 0 Å². The lowest BCUT2D eigenvalue weighted by atomic mass is 10.1. The van der Waals surface area contributed by atoms with Gasteiger partial charge < -0.3 is 5.73 Å². The Balaban J connectivity index is 2.52. The summed E-state index contributed by atoms with van der Waals surface area (Å²) in [5.41, 5.74) is 7.90. The van der Waals surface area contributed by atoms with Crippen LogP contribution in [0.5, 0.6) is 0 Å². The first-order valence-corrected chi connectivity index (χ1v) is 5.48. The Hall–Kier alpha value is -0.990. The maximum atomic E-state index is 6.14. The van der Waals surface area contributed by atoms with Crippen molar-refractivity contribution in [2.45, 2.75) is 6.92 Å². The Morgan fingerprint density at radius 2 is 2.00 bits per heavy atom. The summed E-state index contributed by atoms with van der Waals surface area (Å²) in [7, 11) is 0. The van der Waals surface area contributed by atoms with Gasteiger partial charge in [-0.05, 0) is 30.7 Å². The summed E-state index contributed by atoms with van der Waals surface area (Å²) < 4.78 is 0. The highest BCUT2D eigenvalue weighted by Gasteiger charge is 2.05. The number of hydrogen-bond donors (Lipinski definition) is 1. The van der Waals surface area contributed by atoms with Gasteiger partial charge in [0, 0.05) is 15.5 Å². The molecule has 0 unspecified atom stereocenters. The van der Waals surface area contributed by atoms with Crippen LogP contribution in [0.15, 0.2) is 30.3 Å². The van der Waals surface area contributed by atoms with Gasteiger partial charge in [0.05, 0.1) is 5.00 Å². The van der Waals surface area contributed by atoms with E-state index < -0.39 is 0 Å². The summed E-state index contributed by atoms with van der Waals surface area (Å²) in [6.07, 6.45) is 0. The lowest BCUT2D eigenvalue weighted by molar-refractivity contribution is 1.48. The molecule has 2 rings (SSSR count). The van der Waals surface area contributed by atoms with E-state index in [1.165, 1.54) is 5.56 Å². The van der Waals surface area contributed by atoms with Gasteiger partial charge in [-0.25, -0.2) is 0 Å². The van der Waals surface area contributed by atoms with Crippen molar-refractivity contribution in [2.24, 2.45) is 0 Å². The number of nitrogen functional groups attached to an aromatic ring is 1. The van der Waals surface area contributed by atoms with E-state index in [0.29, 0.717) is 0 Å². The maximum absolute atomic E-state index is 6.14. The van der Waals surface area contributed by atoms with Crippen LogP contribution in [0, 0.1) is 6.92 Å². The van der Waals surface area contributed by atoms with E-state index in [1.54, 1.807) is 11.3 Å². The van der Waals surface area contributed by atoms with Crippen LogP contribution in [-0.2, 0) is 0 Å². The van der Waals surface area contributed by atoms with Gasteiger partial charge in [0.15, 0.2) is 0 Å². The van der Waals surface area contributed by atoms with Crippen molar-refractivity contribution in [2.75, 3.05) is 5.73 Å². The van der Waals surface area contributed by atoms with Crippen LogP contribution < -0.4 is 5.73 Å². The molecule has 1 nitrogen and oxygen atoms in total. The molecule has 0 fully saturated rings. The molecule has 0 saturated heterocycles. The van der Waals surface area contributed by atoms with Gasteiger partial charge >= 0.3 is 0 Å². The Morgan fingerprint density at radius 3 is 2.57 bits per heavy atom. The Labute approximate surface area is 92.1 Å². The topological polar surface area (TPSA) is 26.0 Å². The fraction of sp³-hybridized carbons (Fsp3) is 0.0909. The molecule has 0 amide bonds. The van der Waals surface area contributed by atoms with Gasteiger partial charge in [0.2, 0.25) is 0 Å². The van der Waals surface area contributed by atoms with E-state index in [1.807, 2.05) is 31.2 Å². The molecule has 1 aromatic heterocycles. The zero-order valence-corrected chi connectivity index (χ0v) is 9.32. The highest BCUT2D eigenvalue weighted by atomic mass is 35.5. The lowest BCUT2D eigenvalue weighted by Crippen LogP contribution is -1.77. The molecule has 0 radical (unpaired) electrons. The monoisotopic (exact) mass is 223 g/mol. The number of anilines is 1. The van der Waals surface area contributed by atoms with Gasteiger partial charge in [-0.3, -0.25) is 0 Å². The predicted octanol–water partition coefficient (Wildman–Crippen LogP) is 3.96. The second-order valence-corrected chi connectivity index (χ2v) is 4.71. The smallest absolute Gasteiger partial charge is 0.0862 e. The van der Waals surface area contributed by atoms with Crippen LogP contribution in [0.4, 0.5) is 5.00 Å². The third-order valence-electron chi connectivity index (χ3n) is 2.02. The first-order valence-electron chi connectivity index (χ1n) is 4.28. The second kappa shape index (κ2) is 3.64. The minimum absolute atomic E-state index is 0.784. The molecule has 72 valence electrons. The molecule has 3 heteroatoms. The summed E-state index contributed by atoms with van der Waals surface area (Å²) in [5.74, 6) is 0. The summed E-state index contributed by atoms with van der Waals surface area (Å²) in [4.78, 5) is 1.12. The Kier molecular flexibility index (Phi) is 2.48. The molecule has 0 aliphatic rings. The molecular formula is C11H10ClNS. The maximum Gasteiger partial charge on any atom is 0.0862 e. The highest BCUT2D eigenvalue weighted by Crippen LogP contribution is 2.34. The average molecular weight is 224 g/mol. The van der Waals surface area contributed by atoms with Crippen LogP contribution in [0.3, 0.4) is 0 Å². The van der Waals surface area contributed by atoms with E-state index in [2.05, 4.69) is 6.07 Å². The molecule has 2 N–H and O–H groups in total. The predicted molar refractivity (Wildman–Crippen MR) is 63.9 cm³/mol. The van der Waals surface area contributed by atoms with Crippen molar-refractivity contribution in [1.82, 2.24) is 0 Å². The second-order valence-electron chi connectivity index (χ2n) is 3.19. The number of nitrogens with two attached hydrogens (primary N) is 1. The van der Waals surface area contributed by atoms with E-state index in [-0.39, 0.29) is 0 Å². The van der Waals surface area contributed by atoms with E-state index >= 15 is 0 Å². The van der Waals surface area contributed by atoms with Gasteiger partial charge in [-0.2, -0.15) is 0 Å². The Bertz CT molecular complexity index is 462. The van der Waals surface area contributed by atoms with Crippen molar-refractivity contribution >= 4 is 27.9 Å². The third-order valence-corrected chi connectivity index (χ3v) is 3.28. The van der Waals surface area contributed by atoms with Crippen molar-refractivity contribution in [3.63, 3.8) is 0 Å². The molecule has 0 spiro atoms. The third kappa shape index (κ3) is 1.76. The summed E-state index contributed by atoms with van der Waals surface area (Å²) in [6.45, 7) is 2.03. The van der Waals surface area contributed by atoms with Crippen molar-refractivity contribution < 1.29 is 0 Å². The van der Waals surface area contributed by atoms with Gasteiger partial charge in [-0.1, -0.05) is 23.7 Å². The highest BCUT2D eigenvalue weighted by molar-refractivity contribution is 7.19. The number of hydrogen-bond acceptors (Lipinski definition) is 2. The standard InChI is InChI=1S/C11H10ClNS/c1-7-2-3-8(9(12)6-7)10-4-5-11(13)14-10/h2-6H,13H2,1H3. The van der Waals surface area contributed by atoms with Crippen molar-refractivity contribution in [3.05, 3.63) is 40.9 Å². The van der Waals surface area contributed by atoms with Crippen LogP contribution in [0.25, 0.3) is 10.4 Å². The normalized spacial score (nSPS) is 10.4. The molecule has 1 aromatic carbocycles. The number of benzene rings is 1. The fourth-order valence-electron chi connectivity index (χ4n) is 1.32. The van der Waals surface area contributed by atoms with Crippen LogP contribution in [0.2, 0.25) is 5.02 Å². The van der Waals surface area contributed by atoms with Crippen LogP contribution >= 0.6 is 22.9 Å². The molecule has 0 saturated carbocycles. The van der Waals surface area contributed by atoms with Crippen LogP contribution in [0.1, 0.15) is 5.56 Å². The minimum atomic E-state index is 0.784. The summed E-state index contributed by atoms with van der Waals surface area (Å²) in [5, 5.41) is 1.60.